The first-order valence-electron chi connectivity index (χ1n) is 11.3. The lowest BCUT2D eigenvalue weighted by molar-refractivity contribution is -0.116. The molecule has 0 bridgehead atoms. The van der Waals surface area contributed by atoms with Gasteiger partial charge in [0.25, 0.3) is 5.91 Å². The van der Waals surface area contributed by atoms with E-state index in [0.29, 0.717) is 34.6 Å². The Morgan fingerprint density at radius 3 is 2.23 bits per heavy atom. The van der Waals surface area contributed by atoms with Crippen molar-refractivity contribution in [1.82, 2.24) is 14.7 Å². The molecule has 3 rings (SSSR count). The standard InChI is InChI=1S/C26H31ClN4O4/c1-7-30(25(33)24-19(34-5)13-10-14-20(24)35-6)16-23(32)28-22-15-21(26(2,3)4)29-31(22)18-12-9-8-11-17(18)27/h8-15H,7,16H2,1-6H3,(H,28,32). The topological polar surface area (TPSA) is 85.7 Å². The second kappa shape index (κ2) is 10.8. The Morgan fingerprint density at radius 1 is 1.06 bits per heavy atom. The number of nitrogens with one attached hydrogen (secondary N) is 1. The maximum atomic E-state index is 13.3. The molecule has 2 amide bonds. The fraction of sp³-hybridized carbons (Fsp3) is 0.346. The zero-order valence-corrected chi connectivity index (χ0v) is 21.6. The number of rotatable bonds is 8. The molecule has 0 aliphatic heterocycles. The van der Waals surface area contributed by atoms with Gasteiger partial charge in [-0.2, -0.15) is 5.10 Å². The van der Waals surface area contributed by atoms with Crippen molar-refractivity contribution in [3.63, 3.8) is 0 Å². The van der Waals surface area contributed by atoms with Gasteiger partial charge in [-0.3, -0.25) is 9.59 Å². The van der Waals surface area contributed by atoms with Crippen LogP contribution in [0.4, 0.5) is 5.82 Å². The number of amides is 2. The van der Waals surface area contributed by atoms with E-state index in [1.54, 1.807) is 35.9 Å². The SMILES string of the molecule is CCN(CC(=O)Nc1cc(C(C)(C)C)nn1-c1ccccc1Cl)C(=O)c1c(OC)cccc1OC. The van der Waals surface area contributed by atoms with Gasteiger partial charge in [0.2, 0.25) is 5.91 Å². The number of para-hydroxylation sites is 1. The van der Waals surface area contributed by atoms with Crippen molar-refractivity contribution in [2.75, 3.05) is 32.6 Å². The molecule has 0 fully saturated rings. The quantitative estimate of drug-likeness (QED) is 0.475. The molecule has 35 heavy (non-hydrogen) atoms. The second-order valence-electron chi connectivity index (χ2n) is 8.93. The molecule has 3 aromatic rings. The molecule has 186 valence electrons. The van der Waals surface area contributed by atoms with Crippen molar-refractivity contribution < 1.29 is 19.1 Å². The summed E-state index contributed by atoms with van der Waals surface area (Å²) in [6, 6.07) is 14.2. The predicted octanol–water partition coefficient (Wildman–Crippen LogP) is 4.94. The summed E-state index contributed by atoms with van der Waals surface area (Å²) in [6.07, 6.45) is 0. The summed E-state index contributed by atoms with van der Waals surface area (Å²) in [7, 11) is 2.97. The molecule has 8 nitrogen and oxygen atoms in total. The van der Waals surface area contributed by atoms with Gasteiger partial charge in [0.1, 0.15) is 29.4 Å². The average Bonchev–Trinajstić information content (AvgIpc) is 3.25. The molecule has 1 aromatic heterocycles. The number of hydrogen-bond donors (Lipinski definition) is 1. The van der Waals surface area contributed by atoms with Gasteiger partial charge in [0.05, 0.1) is 30.6 Å². The molecule has 0 radical (unpaired) electrons. The normalized spacial score (nSPS) is 11.2. The molecule has 0 spiro atoms. The maximum Gasteiger partial charge on any atom is 0.261 e. The maximum absolute atomic E-state index is 13.3. The fourth-order valence-electron chi connectivity index (χ4n) is 3.55. The van der Waals surface area contributed by atoms with E-state index in [1.165, 1.54) is 19.1 Å². The van der Waals surface area contributed by atoms with E-state index in [1.807, 2.05) is 45.0 Å². The number of halogens is 1. The lowest BCUT2D eigenvalue weighted by Crippen LogP contribution is -2.38. The van der Waals surface area contributed by atoms with Gasteiger partial charge in [-0.15, -0.1) is 0 Å². The summed E-state index contributed by atoms with van der Waals surface area (Å²) in [5.74, 6) is 0.473. The molecule has 1 heterocycles. The monoisotopic (exact) mass is 498 g/mol. The number of carbonyl (C=O) groups excluding carboxylic acids is 2. The summed E-state index contributed by atoms with van der Waals surface area (Å²) in [4.78, 5) is 27.9. The minimum absolute atomic E-state index is 0.172. The smallest absolute Gasteiger partial charge is 0.261 e. The Balaban J connectivity index is 1.90. The second-order valence-corrected chi connectivity index (χ2v) is 9.34. The highest BCUT2D eigenvalue weighted by Gasteiger charge is 2.26. The van der Waals surface area contributed by atoms with E-state index >= 15 is 0 Å². The first-order valence-corrected chi connectivity index (χ1v) is 11.6. The van der Waals surface area contributed by atoms with Crippen molar-refractivity contribution in [2.45, 2.75) is 33.1 Å². The highest BCUT2D eigenvalue weighted by molar-refractivity contribution is 6.32. The van der Waals surface area contributed by atoms with Gasteiger partial charge in [-0.05, 0) is 31.2 Å². The van der Waals surface area contributed by atoms with Crippen LogP contribution in [0.25, 0.3) is 5.69 Å². The van der Waals surface area contributed by atoms with Crippen molar-refractivity contribution in [3.8, 4) is 17.2 Å². The average molecular weight is 499 g/mol. The number of hydrogen-bond acceptors (Lipinski definition) is 5. The van der Waals surface area contributed by atoms with Crippen molar-refractivity contribution in [2.24, 2.45) is 0 Å². The minimum atomic E-state index is -0.372. The molecule has 2 aromatic carbocycles. The number of anilines is 1. The number of benzene rings is 2. The van der Waals surface area contributed by atoms with Gasteiger partial charge in [0, 0.05) is 18.0 Å². The Morgan fingerprint density at radius 2 is 1.69 bits per heavy atom. The summed E-state index contributed by atoms with van der Waals surface area (Å²) < 4.78 is 12.3. The summed E-state index contributed by atoms with van der Waals surface area (Å²) in [6.45, 7) is 8.06. The largest absolute Gasteiger partial charge is 0.496 e. The van der Waals surface area contributed by atoms with Crippen LogP contribution in [0.5, 0.6) is 11.5 Å². The van der Waals surface area contributed by atoms with E-state index < -0.39 is 0 Å². The van der Waals surface area contributed by atoms with E-state index in [0.717, 1.165) is 5.69 Å². The van der Waals surface area contributed by atoms with Gasteiger partial charge >= 0.3 is 0 Å². The van der Waals surface area contributed by atoms with Crippen LogP contribution in [0.15, 0.2) is 48.5 Å². The highest BCUT2D eigenvalue weighted by Crippen LogP contribution is 2.31. The summed E-state index contributed by atoms with van der Waals surface area (Å²) in [5, 5.41) is 8.10. The van der Waals surface area contributed by atoms with Crippen molar-refractivity contribution in [3.05, 3.63) is 64.8 Å². The van der Waals surface area contributed by atoms with Gasteiger partial charge in [-0.25, -0.2) is 4.68 Å². The Kier molecular flexibility index (Phi) is 8.07. The summed E-state index contributed by atoms with van der Waals surface area (Å²) >= 11 is 6.41. The molecular formula is C26H31ClN4O4. The molecule has 0 aliphatic rings. The highest BCUT2D eigenvalue weighted by atomic mass is 35.5. The zero-order chi connectivity index (χ0) is 25.8. The van der Waals surface area contributed by atoms with Crippen LogP contribution in [-0.4, -0.2) is 53.8 Å². The molecule has 0 saturated heterocycles. The van der Waals surface area contributed by atoms with Crippen LogP contribution in [-0.2, 0) is 10.2 Å². The lowest BCUT2D eigenvalue weighted by atomic mass is 9.92. The first kappa shape index (κ1) is 26.1. The Hall–Kier alpha value is -3.52. The molecule has 0 saturated carbocycles. The number of nitrogens with zero attached hydrogens (tertiary/aromatic N) is 3. The third kappa shape index (κ3) is 5.77. The van der Waals surface area contributed by atoms with E-state index in [2.05, 4.69) is 5.32 Å². The number of likely N-dealkylation sites (N-methyl/N-ethyl adjacent to an activating group) is 1. The van der Waals surface area contributed by atoms with Crippen LogP contribution < -0.4 is 14.8 Å². The van der Waals surface area contributed by atoms with E-state index in [4.69, 9.17) is 26.2 Å². The lowest BCUT2D eigenvalue weighted by Gasteiger charge is -2.22. The van der Waals surface area contributed by atoms with Crippen LogP contribution >= 0.6 is 11.6 Å². The first-order chi connectivity index (χ1) is 16.6. The van der Waals surface area contributed by atoms with E-state index in [-0.39, 0.29) is 29.3 Å². The Bertz CT molecular complexity index is 1190. The van der Waals surface area contributed by atoms with E-state index in [9.17, 15) is 9.59 Å². The zero-order valence-electron chi connectivity index (χ0n) is 20.9. The minimum Gasteiger partial charge on any atom is -0.496 e. The third-order valence-electron chi connectivity index (χ3n) is 5.47. The molecule has 0 unspecified atom stereocenters. The molecule has 9 heteroatoms. The van der Waals surface area contributed by atoms with Crippen LogP contribution in [0.1, 0.15) is 43.7 Å². The number of carbonyl (C=O) groups is 2. The third-order valence-corrected chi connectivity index (χ3v) is 5.79. The van der Waals surface area contributed by atoms with Crippen LogP contribution in [0.2, 0.25) is 5.02 Å². The predicted molar refractivity (Wildman–Crippen MR) is 137 cm³/mol. The summed E-state index contributed by atoms with van der Waals surface area (Å²) in [5.41, 5.74) is 1.44. The number of ether oxygens (including phenoxy) is 2. The van der Waals surface area contributed by atoms with Crippen molar-refractivity contribution >= 4 is 29.2 Å². The fourth-order valence-corrected chi connectivity index (χ4v) is 3.76. The van der Waals surface area contributed by atoms with Crippen molar-refractivity contribution in [1.29, 1.82) is 0 Å². The molecule has 0 aliphatic carbocycles. The van der Waals surface area contributed by atoms with Crippen LogP contribution in [0, 0.1) is 0 Å². The molecule has 0 atom stereocenters. The molecule has 1 N–H and O–H groups in total. The Labute approximate surface area is 210 Å². The number of aromatic nitrogens is 2. The van der Waals surface area contributed by atoms with Gasteiger partial charge < -0.3 is 19.7 Å². The number of methoxy groups -OCH3 is 2. The van der Waals surface area contributed by atoms with Crippen LogP contribution in [0.3, 0.4) is 0 Å². The van der Waals surface area contributed by atoms with Gasteiger partial charge in [-0.1, -0.05) is 50.6 Å². The van der Waals surface area contributed by atoms with Gasteiger partial charge in [0.15, 0.2) is 0 Å². The molecular weight excluding hydrogens is 468 g/mol.